The fourth-order valence-electron chi connectivity index (χ4n) is 2.45. The summed E-state index contributed by atoms with van der Waals surface area (Å²) < 4.78 is 5.02. The number of carboxylic acids is 1. The van der Waals surface area contributed by atoms with Crippen molar-refractivity contribution < 1.29 is 19.1 Å². The molecule has 1 fully saturated rings. The summed E-state index contributed by atoms with van der Waals surface area (Å²) in [5.41, 5.74) is 0. The largest absolute Gasteiger partial charge is 0.481 e. The number of nitrogens with one attached hydrogen (secondary N) is 1. The molecule has 0 spiro atoms. The van der Waals surface area contributed by atoms with Crippen LogP contribution in [0.3, 0.4) is 0 Å². The van der Waals surface area contributed by atoms with Crippen molar-refractivity contribution in [3.8, 4) is 0 Å². The second-order valence-corrected chi connectivity index (χ2v) is 5.14. The van der Waals surface area contributed by atoms with E-state index < -0.39 is 17.8 Å². The molecule has 0 bridgehead atoms. The van der Waals surface area contributed by atoms with E-state index in [2.05, 4.69) is 5.32 Å². The Balaban J connectivity index is 2.06. The fourth-order valence-corrected chi connectivity index (χ4v) is 2.60. The lowest BCUT2D eigenvalue weighted by Gasteiger charge is -2.22. The number of halogens is 1. The highest BCUT2D eigenvalue weighted by atomic mass is 35.5. The molecule has 5 nitrogen and oxygen atoms in total. The molecular weight excluding hydrogens is 270 g/mol. The molecule has 0 aromatic carbocycles. The summed E-state index contributed by atoms with van der Waals surface area (Å²) >= 11 is 5.61. The first-order valence-electron chi connectivity index (χ1n) is 6.37. The van der Waals surface area contributed by atoms with Crippen LogP contribution in [0.25, 0.3) is 0 Å². The predicted molar refractivity (Wildman–Crippen MR) is 69.2 cm³/mol. The number of furan rings is 1. The zero-order valence-electron chi connectivity index (χ0n) is 10.4. The molecule has 1 aromatic heterocycles. The Labute approximate surface area is 115 Å². The molecule has 2 rings (SSSR count). The van der Waals surface area contributed by atoms with Gasteiger partial charge in [-0.15, -0.1) is 0 Å². The first kappa shape index (κ1) is 13.9. The number of hydrogen-bond donors (Lipinski definition) is 2. The van der Waals surface area contributed by atoms with E-state index in [1.807, 2.05) is 0 Å². The van der Waals surface area contributed by atoms with Gasteiger partial charge in [0.05, 0.1) is 5.92 Å². The molecule has 0 saturated heterocycles. The monoisotopic (exact) mass is 285 g/mol. The molecule has 2 unspecified atom stereocenters. The average Bonchev–Trinajstić information content (AvgIpc) is 2.65. The quantitative estimate of drug-likeness (QED) is 0.837. The Kier molecular flexibility index (Phi) is 4.47. The molecular formula is C13H16ClNO4. The van der Waals surface area contributed by atoms with Crippen LogP contribution in [0.2, 0.25) is 5.22 Å². The number of carbonyl (C=O) groups is 2. The van der Waals surface area contributed by atoms with Gasteiger partial charge in [-0.3, -0.25) is 9.59 Å². The maximum absolute atomic E-state index is 12.0. The van der Waals surface area contributed by atoms with Gasteiger partial charge in [-0.25, -0.2) is 0 Å². The Hall–Kier alpha value is -1.49. The topological polar surface area (TPSA) is 79.5 Å². The van der Waals surface area contributed by atoms with Crippen LogP contribution < -0.4 is 5.32 Å². The van der Waals surface area contributed by atoms with Crippen LogP contribution in [-0.4, -0.2) is 23.0 Å². The summed E-state index contributed by atoms with van der Waals surface area (Å²) in [7, 11) is 0. The van der Waals surface area contributed by atoms with Gasteiger partial charge in [-0.2, -0.15) is 0 Å². The summed E-state index contributed by atoms with van der Waals surface area (Å²) in [6, 6.07) is 2.61. The van der Waals surface area contributed by atoms with Crippen molar-refractivity contribution >= 4 is 23.5 Å². The van der Waals surface area contributed by atoms with E-state index in [0.29, 0.717) is 12.8 Å². The van der Waals surface area contributed by atoms with Gasteiger partial charge >= 0.3 is 5.97 Å². The van der Waals surface area contributed by atoms with Gasteiger partial charge < -0.3 is 14.8 Å². The molecule has 1 heterocycles. The summed E-state index contributed by atoms with van der Waals surface area (Å²) in [5, 5.41) is 12.1. The normalized spacial score (nSPS) is 23.6. The molecule has 0 radical (unpaired) electrons. The number of carboxylic acid groups (broad SMARTS) is 1. The number of carbonyl (C=O) groups excluding carboxylic acids is 1. The Morgan fingerprint density at radius 1 is 1.26 bits per heavy atom. The van der Waals surface area contributed by atoms with Crippen molar-refractivity contribution in [3.05, 3.63) is 23.1 Å². The third kappa shape index (κ3) is 3.50. The highest BCUT2D eigenvalue weighted by Crippen LogP contribution is 2.24. The lowest BCUT2D eigenvalue weighted by atomic mass is 9.95. The minimum absolute atomic E-state index is 0.110. The molecule has 1 saturated carbocycles. The van der Waals surface area contributed by atoms with Crippen LogP contribution in [0.1, 0.15) is 42.7 Å². The van der Waals surface area contributed by atoms with Gasteiger partial charge in [0.2, 0.25) is 0 Å². The average molecular weight is 286 g/mol. The molecule has 1 amide bonds. The number of rotatable bonds is 3. The molecule has 104 valence electrons. The van der Waals surface area contributed by atoms with Crippen LogP contribution in [0.4, 0.5) is 0 Å². The lowest BCUT2D eigenvalue weighted by Crippen LogP contribution is -2.42. The number of aliphatic carboxylic acids is 1. The van der Waals surface area contributed by atoms with Crippen LogP contribution in [-0.2, 0) is 4.79 Å². The standard InChI is InChI=1S/C13H16ClNO4/c14-11-7-6-10(19-11)12(16)15-9-5-3-1-2-4-8(9)13(17)18/h6-9H,1-5H2,(H,15,16)(H,17,18). The molecule has 2 atom stereocenters. The van der Waals surface area contributed by atoms with Crippen LogP contribution >= 0.6 is 11.6 Å². The minimum atomic E-state index is -0.857. The van der Waals surface area contributed by atoms with Crippen molar-refractivity contribution in [2.75, 3.05) is 0 Å². The van der Waals surface area contributed by atoms with E-state index in [4.69, 9.17) is 16.0 Å². The second-order valence-electron chi connectivity index (χ2n) is 4.77. The maximum Gasteiger partial charge on any atom is 0.308 e. The van der Waals surface area contributed by atoms with Gasteiger partial charge in [-0.05, 0) is 36.6 Å². The first-order chi connectivity index (χ1) is 9.08. The van der Waals surface area contributed by atoms with Crippen LogP contribution in [0.5, 0.6) is 0 Å². The van der Waals surface area contributed by atoms with Gasteiger partial charge in [0.1, 0.15) is 0 Å². The van der Waals surface area contributed by atoms with Crippen molar-refractivity contribution in [2.24, 2.45) is 5.92 Å². The Morgan fingerprint density at radius 2 is 2.00 bits per heavy atom. The van der Waals surface area contributed by atoms with E-state index in [1.54, 1.807) is 0 Å². The fraction of sp³-hybridized carbons (Fsp3) is 0.538. The van der Waals surface area contributed by atoms with Crippen LogP contribution in [0, 0.1) is 5.92 Å². The number of amides is 1. The molecule has 1 aromatic rings. The smallest absolute Gasteiger partial charge is 0.308 e. The molecule has 1 aliphatic rings. The van der Waals surface area contributed by atoms with E-state index in [0.717, 1.165) is 19.3 Å². The third-order valence-corrected chi connectivity index (χ3v) is 3.65. The summed E-state index contributed by atoms with van der Waals surface area (Å²) in [5.74, 6) is -1.69. The highest BCUT2D eigenvalue weighted by molar-refractivity contribution is 6.29. The van der Waals surface area contributed by atoms with Gasteiger partial charge in [0.15, 0.2) is 11.0 Å². The summed E-state index contributed by atoms with van der Waals surface area (Å²) in [4.78, 5) is 23.2. The molecule has 2 N–H and O–H groups in total. The third-order valence-electron chi connectivity index (χ3n) is 3.45. The van der Waals surface area contributed by atoms with Crippen molar-refractivity contribution in [1.82, 2.24) is 5.32 Å². The molecule has 19 heavy (non-hydrogen) atoms. The number of hydrogen-bond acceptors (Lipinski definition) is 3. The van der Waals surface area contributed by atoms with Gasteiger partial charge in [0, 0.05) is 6.04 Å². The zero-order valence-corrected chi connectivity index (χ0v) is 11.2. The zero-order chi connectivity index (χ0) is 13.8. The predicted octanol–water partition coefficient (Wildman–Crippen LogP) is 2.70. The Bertz CT molecular complexity index is 471. The molecule has 6 heteroatoms. The van der Waals surface area contributed by atoms with Gasteiger partial charge in [0.25, 0.3) is 5.91 Å². The second kappa shape index (κ2) is 6.10. The van der Waals surface area contributed by atoms with Crippen molar-refractivity contribution in [3.63, 3.8) is 0 Å². The van der Waals surface area contributed by atoms with E-state index in [1.165, 1.54) is 12.1 Å². The Morgan fingerprint density at radius 3 is 2.63 bits per heavy atom. The minimum Gasteiger partial charge on any atom is -0.481 e. The maximum atomic E-state index is 12.0. The van der Waals surface area contributed by atoms with E-state index >= 15 is 0 Å². The SMILES string of the molecule is O=C(NC1CCCCCC1C(=O)O)c1ccc(Cl)o1. The highest BCUT2D eigenvalue weighted by Gasteiger charge is 2.31. The molecule has 1 aliphatic carbocycles. The van der Waals surface area contributed by atoms with Crippen LogP contribution in [0.15, 0.2) is 16.5 Å². The van der Waals surface area contributed by atoms with Gasteiger partial charge in [-0.1, -0.05) is 19.3 Å². The van der Waals surface area contributed by atoms with E-state index in [9.17, 15) is 14.7 Å². The van der Waals surface area contributed by atoms with E-state index in [-0.39, 0.29) is 17.0 Å². The molecule has 0 aliphatic heterocycles. The lowest BCUT2D eigenvalue weighted by molar-refractivity contribution is -0.142. The first-order valence-corrected chi connectivity index (χ1v) is 6.74. The summed E-state index contributed by atoms with van der Waals surface area (Å²) in [6.07, 6.45) is 4.09. The summed E-state index contributed by atoms with van der Waals surface area (Å²) in [6.45, 7) is 0. The van der Waals surface area contributed by atoms with Crippen molar-refractivity contribution in [2.45, 2.75) is 38.1 Å². The van der Waals surface area contributed by atoms with Crippen molar-refractivity contribution in [1.29, 1.82) is 0 Å².